The van der Waals surface area contributed by atoms with Crippen LogP contribution in [0.1, 0.15) is 16.8 Å². The first-order valence-electron chi connectivity index (χ1n) is 8.47. The third-order valence-corrected chi connectivity index (χ3v) is 5.43. The summed E-state index contributed by atoms with van der Waals surface area (Å²) in [5.74, 6) is 0.499. The van der Waals surface area contributed by atoms with Gasteiger partial charge in [-0.2, -0.15) is 9.78 Å². The standard InChI is InChI=1S/C20H17ClN4OS/c1-12-6-8-14(9-7-12)11-18(26)22-17-10-13(2)24-25(17)20-23-19-15(21)4-3-5-16(19)27-20/h3-10H,11H2,1-2H3,(H,22,26). The normalized spacial score (nSPS) is 11.1. The number of fused-ring (bicyclic) bond motifs is 1. The van der Waals surface area contributed by atoms with Crippen molar-refractivity contribution in [3.05, 3.63) is 70.4 Å². The Balaban J connectivity index is 1.61. The monoisotopic (exact) mass is 396 g/mol. The molecule has 7 heteroatoms. The number of aromatic nitrogens is 3. The van der Waals surface area contributed by atoms with E-state index in [9.17, 15) is 4.79 Å². The Morgan fingerprint density at radius 3 is 2.70 bits per heavy atom. The van der Waals surface area contributed by atoms with Crippen LogP contribution in [0.5, 0.6) is 0 Å². The van der Waals surface area contributed by atoms with E-state index in [4.69, 9.17) is 11.6 Å². The van der Waals surface area contributed by atoms with Crippen LogP contribution in [0.15, 0.2) is 48.5 Å². The summed E-state index contributed by atoms with van der Waals surface area (Å²) in [4.78, 5) is 17.1. The van der Waals surface area contributed by atoms with Crippen LogP contribution in [0.2, 0.25) is 5.02 Å². The second kappa shape index (κ2) is 7.13. The quantitative estimate of drug-likeness (QED) is 0.531. The molecule has 0 saturated heterocycles. The first-order chi connectivity index (χ1) is 13.0. The van der Waals surface area contributed by atoms with Gasteiger partial charge in [-0.15, -0.1) is 0 Å². The zero-order chi connectivity index (χ0) is 19.0. The van der Waals surface area contributed by atoms with Crippen LogP contribution in [0.25, 0.3) is 15.3 Å². The number of aryl methyl sites for hydroxylation is 2. The van der Waals surface area contributed by atoms with Crippen molar-refractivity contribution in [3.8, 4) is 5.13 Å². The largest absolute Gasteiger partial charge is 0.310 e. The van der Waals surface area contributed by atoms with Crippen LogP contribution in [-0.2, 0) is 11.2 Å². The Bertz CT molecular complexity index is 1130. The van der Waals surface area contributed by atoms with Crippen LogP contribution in [0, 0.1) is 13.8 Å². The number of thiazole rings is 1. The Labute approximate surface area is 165 Å². The maximum atomic E-state index is 12.5. The molecule has 0 bridgehead atoms. The predicted octanol–water partition coefficient (Wildman–Crippen LogP) is 4.93. The molecule has 0 saturated carbocycles. The Hall–Kier alpha value is -2.70. The molecule has 0 aliphatic rings. The highest BCUT2D eigenvalue weighted by Crippen LogP contribution is 2.31. The SMILES string of the molecule is Cc1ccc(CC(=O)Nc2cc(C)nn2-c2nc3c(Cl)cccc3s2)cc1. The molecule has 2 heterocycles. The number of benzene rings is 2. The van der Waals surface area contributed by atoms with E-state index in [0.717, 1.165) is 21.5 Å². The summed E-state index contributed by atoms with van der Waals surface area (Å²) in [7, 11) is 0. The molecule has 0 aliphatic carbocycles. The van der Waals surface area contributed by atoms with Crippen molar-refractivity contribution in [1.82, 2.24) is 14.8 Å². The Kier molecular flexibility index (Phi) is 4.68. The number of carbonyl (C=O) groups excluding carboxylic acids is 1. The number of hydrogen-bond donors (Lipinski definition) is 1. The summed E-state index contributed by atoms with van der Waals surface area (Å²) >= 11 is 7.71. The summed E-state index contributed by atoms with van der Waals surface area (Å²) in [6, 6.07) is 15.4. The molecule has 1 N–H and O–H groups in total. The van der Waals surface area contributed by atoms with Crippen LogP contribution < -0.4 is 5.32 Å². The van der Waals surface area contributed by atoms with Crippen molar-refractivity contribution in [1.29, 1.82) is 0 Å². The molecule has 4 aromatic rings. The highest BCUT2D eigenvalue weighted by molar-refractivity contribution is 7.20. The first-order valence-corrected chi connectivity index (χ1v) is 9.66. The molecule has 0 atom stereocenters. The topological polar surface area (TPSA) is 59.8 Å². The molecule has 2 aromatic carbocycles. The molecule has 0 aliphatic heterocycles. The minimum atomic E-state index is -0.0980. The van der Waals surface area contributed by atoms with E-state index in [2.05, 4.69) is 15.4 Å². The third-order valence-electron chi connectivity index (χ3n) is 4.12. The average Bonchev–Trinajstić information content (AvgIpc) is 3.21. The van der Waals surface area contributed by atoms with Crippen molar-refractivity contribution in [2.45, 2.75) is 20.3 Å². The number of amides is 1. The zero-order valence-corrected chi connectivity index (χ0v) is 16.4. The van der Waals surface area contributed by atoms with Crippen molar-refractivity contribution in [3.63, 3.8) is 0 Å². The van der Waals surface area contributed by atoms with Crippen LogP contribution in [0.4, 0.5) is 5.82 Å². The maximum absolute atomic E-state index is 12.5. The molecule has 4 rings (SSSR count). The number of hydrogen-bond acceptors (Lipinski definition) is 4. The number of anilines is 1. The van der Waals surface area contributed by atoms with Gasteiger partial charge in [-0.3, -0.25) is 4.79 Å². The lowest BCUT2D eigenvalue weighted by Gasteiger charge is -2.07. The zero-order valence-electron chi connectivity index (χ0n) is 14.9. The second-order valence-corrected chi connectivity index (χ2v) is 7.79. The van der Waals surface area contributed by atoms with Gasteiger partial charge < -0.3 is 5.32 Å². The van der Waals surface area contributed by atoms with E-state index < -0.39 is 0 Å². The molecule has 5 nitrogen and oxygen atoms in total. The molecule has 136 valence electrons. The van der Waals surface area contributed by atoms with Crippen LogP contribution in [-0.4, -0.2) is 20.7 Å². The van der Waals surface area contributed by atoms with Gasteiger partial charge in [0.15, 0.2) is 0 Å². The molecule has 0 fully saturated rings. The lowest BCUT2D eigenvalue weighted by molar-refractivity contribution is -0.115. The summed E-state index contributed by atoms with van der Waals surface area (Å²) in [6.07, 6.45) is 0.302. The number of nitrogens with zero attached hydrogens (tertiary/aromatic N) is 3. The fraction of sp³-hybridized carbons (Fsp3) is 0.150. The average molecular weight is 397 g/mol. The van der Waals surface area contributed by atoms with E-state index in [1.54, 1.807) is 4.68 Å². The summed E-state index contributed by atoms with van der Waals surface area (Å²) in [6.45, 7) is 3.90. The summed E-state index contributed by atoms with van der Waals surface area (Å²) in [5, 5.41) is 8.70. The molecule has 0 spiro atoms. The molecule has 2 aromatic heterocycles. The van der Waals surface area contributed by atoms with Gasteiger partial charge >= 0.3 is 0 Å². The lowest BCUT2D eigenvalue weighted by Crippen LogP contribution is -2.17. The Morgan fingerprint density at radius 2 is 1.96 bits per heavy atom. The minimum absolute atomic E-state index is 0.0980. The van der Waals surface area contributed by atoms with Gasteiger partial charge in [0.05, 0.1) is 21.8 Å². The van der Waals surface area contributed by atoms with E-state index >= 15 is 0 Å². The fourth-order valence-corrected chi connectivity index (χ4v) is 4.04. The summed E-state index contributed by atoms with van der Waals surface area (Å²) in [5.41, 5.74) is 3.67. The number of halogens is 1. The smallest absolute Gasteiger partial charge is 0.229 e. The van der Waals surface area contributed by atoms with Gasteiger partial charge in [-0.1, -0.05) is 58.8 Å². The van der Waals surface area contributed by atoms with E-state index in [0.29, 0.717) is 22.4 Å². The van der Waals surface area contributed by atoms with Crippen LogP contribution >= 0.6 is 22.9 Å². The van der Waals surface area contributed by atoms with Crippen LogP contribution in [0.3, 0.4) is 0 Å². The molecular formula is C20H17ClN4OS. The van der Waals surface area contributed by atoms with Gasteiger partial charge in [-0.05, 0) is 31.5 Å². The number of carbonyl (C=O) groups is 1. The van der Waals surface area contributed by atoms with Crippen molar-refractivity contribution >= 4 is 44.9 Å². The van der Waals surface area contributed by atoms with E-state index in [-0.39, 0.29) is 5.91 Å². The van der Waals surface area contributed by atoms with E-state index in [1.165, 1.54) is 16.9 Å². The lowest BCUT2D eigenvalue weighted by atomic mass is 10.1. The predicted molar refractivity (Wildman–Crippen MR) is 110 cm³/mol. The molecule has 0 unspecified atom stereocenters. The van der Waals surface area contributed by atoms with E-state index in [1.807, 2.05) is 62.4 Å². The highest BCUT2D eigenvalue weighted by atomic mass is 35.5. The van der Waals surface area contributed by atoms with Gasteiger partial charge in [-0.25, -0.2) is 4.98 Å². The summed E-state index contributed by atoms with van der Waals surface area (Å²) < 4.78 is 2.63. The second-order valence-electron chi connectivity index (χ2n) is 6.38. The minimum Gasteiger partial charge on any atom is -0.310 e. The van der Waals surface area contributed by atoms with Gasteiger partial charge in [0.1, 0.15) is 11.3 Å². The first kappa shape index (κ1) is 17.7. The molecule has 27 heavy (non-hydrogen) atoms. The molecule has 0 radical (unpaired) electrons. The maximum Gasteiger partial charge on any atom is 0.229 e. The van der Waals surface area contributed by atoms with Crippen molar-refractivity contribution < 1.29 is 4.79 Å². The van der Waals surface area contributed by atoms with Crippen molar-refractivity contribution in [2.24, 2.45) is 0 Å². The van der Waals surface area contributed by atoms with Gasteiger partial charge in [0, 0.05) is 6.07 Å². The fourth-order valence-electron chi connectivity index (χ4n) is 2.81. The third kappa shape index (κ3) is 3.72. The number of nitrogens with one attached hydrogen (secondary N) is 1. The van der Waals surface area contributed by atoms with Gasteiger partial charge in [0.25, 0.3) is 0 Å². The van der Waals surface area contributed by atoms with Gasteiger partial charge in [0.2, 0.25) is 11.0 Å². The number of para-hydroxylation sites is 1. The Morgan fingerprint density at radius 1 is 1.19 bits per heavy atom. The molecular weight excluding hydrogens is 380 g/mol. The van der Waals surface area contributed by atoms with Crippen molar-refractivity contribution in [2.75, 3.05) is 5.32 Å². The highest BCUT2D eigenvalue weighted by Gasteiger charge is 2.15. The molecule has 1 amide bonds. The number of rotatable bonds is 4.